The molecule has 5 nitrogen and oxygen atoms in total. The monoisotopic (exact) mass is 351 g/mol. The molecule has 2 amide bonds. The Bertz CT molecular complexity index is 859. The van der Waals surface area contributed by atoms with Gasteiger partial charge >= 0.3 is 0 Å². The Morgan fingerprint density at radius 2 is 1.62 bits per heavy atom. The first kappa shape index (κ1) is 17.0. The van der Waals surface area contributed by atoms with Crippen molar-refractivity contribution in [3.8, 4) is 0 Å². The van der Waals surface area contributed by atoms with E-state index in [9.17, 15) is 9.59 Å². The second-order valence-corrected chi connectivity index (χ2v) is 7.61. The third-order valence-corrected chi connectivity index (χ3v) is 5.99. The molecule has 2 fully saturated rings. The average Bonchev–Trinajstić information content (AvgIpc) is 3.04. The van der Waals surface area contributed by atoms with Gasteiger partial charge in [0.2, 0.25) is 11.8 Å². The highest BCUT2D eigenvalue weighted by Gasteiger charge is 2.50. The van der Waals surface area contributed by atoms with Gasteiger partial charge in [0.1, 0.15) is 0 Å². The summed E-state index contributed by atoms with van der Waals surface area (Å²) in [5.41, 5.74) is 4.73. The van der Waals surface area contributed by atoms with Crippen LogP contribution >= 0.6 is 0 Å². The number of aromatic nitrogens is 2. The number of carbonyl (C=O) groups excluding carboxylic acids is 2. The molecule has 1 aromatic heterocycles. The number of benzene rings is 1. The number of hydrogen-bond donors (Lipinski definition) is 0. The number of anilines is 1. The fraction of sp³-hybridized carbons (Fsp3) is 0.476. The van der Waals surface area contributed by atoms with Gasteiger partial charge in [0.25, 0.3) is 0 Å². The van der Waals surface area contributed by atoms with Gasteiger partial charge in [-0.15, -0.1) is 0 Å². The van der Waals surface area contributed by atoms with Crippen molar-refractivity contribution in [2.45, 2.75) is 53.0 Å². The third kappa shape index (κ3) is 2.57. The SMILES string of the molecule is Cc1ccccc1Cn1nc(C)c(N2C(=O)[C@H]3CCCC[C@H]3C2=O)c1C. The summed E-state index contributed by atoms with van der Waals surface area (Å²) in [6.45, 7) is 6.57. The highest BCUT2D eigenvalue weighted by molar-refractivity contribution is 6.22. The minimum Gasteiger partial charge on any atom is -0.274 e. The van der Waals surface area contributed by atoms with Crippen LogP contribution in [0.2, 0.25) is 0 Å². The quantitative estimate of drug-likeness (QED) is 0.795. The lowest BCUT2D eigenvalue weighted by Gasteiger charge is -2.19. The molecule has 2 atom stereocenters. The van der Waals surface area contributed by atoms with Crippen LogP contribution in [0.25, 0.3) is 0 Å². The lowest BCUT2D eigenvalue weighted by Crippen LogP contribution is -2.31. The van der Waals surface area contributed by atoms with Crippen LogP contribution in [0.1, 0.15) is 48.2 Å². The lowest BCUT2D eigenvalue weighted by atomic mass is 9.81. The molecule has 1 saturated heterocycles. The lowest BCUT2D eigenvalue weighted by molar-refractivity contribution is -0.122. The average molecular weight is 351 g/mol. The molecule has 1 aliphatic carbocycles. The molecule has 5 heteroatoms. The third-order valence-electron chi connectivity index (χ3n) is 5.99. The molecule has 0 N–H and O–H groups in total. The Labute approximate surface area is 154 Å². The predicted molar refractivity (Wildman–Crippen MR) is 99.9 cm³/mol. The number of rotatable bonds is 3. The molecular formula is C21H25N3O2. The zero-order chi connectivity index (χ0) is 18.4. The fourth-order valence-electron chi connectivity index (χ4n) is 4.50. The maximum Gasteiger partial charge on any atom is 0.237 e. The Balaban J connectivity index is 1.70. The molecule has 1 saturated carbocycles. The zero-order valence-electron chi connectivity index (χ0n) is 15.7. The molecule has 2 heterocycles. The standard InChI is InChI=1S/C21H25N3O2/c1-13-8-4-5-9-16(13)12-23-15(3)19(14(2)22-23)24-20(25)17-10-6-7-11-18(17)21(24)26/h4-5,8-9,17-18H,6-7,10-12H2,1-3H3/t17-,18+. The number of amides is 2. The van der Waals surface area contributed by atoms with Gasteiger partial charge in [-0.1, -0.05) is 37.1 Å². The maximum absolute atomic E-state index is 12.9. The van der Waals surface area contributed by atoms with Crippen molar-refractivity contribution in [3.05, 3.63) is 46.8 Å². The van der Waals surface area contributed by atoms with Crippen molar-refractivity contribution in [1.29, 1.82) is 0 Å². The first-order valence-electron chi connectivity index (χ1n) is 9.45. The smallest absolute Gasteiger partial charge is 0.237 e. The van der Waals surface area contributed by atoms with Gasteiger partial charge in [0.05, 0.1) is 35.5 Å². The highest BCUT2D eigenvalue weighted by Crippen LogP contribution is 2.41. The van der Waals surface area contributed by atoms with Gasteiger partial charge in [-0.2, -0.15) is 5.10 Å². The summed E-state index contributed by atoms with van der Waals surface area (Å²) in [4.78, 5) is 27.3. The number of carbonyl (C=O) groups is 2. The molecular weight excluding hydrogens is 326 g/mol. The molecule has 2 aromatic rings. The van der Waals surface area contributed by atoms with E-state index in [0.717, 1.165) is 37.1 Å². The second kappa shape index (κ2) is 6.38. The molecule has 0 unspecified atom stereocenters. The van der Waals surface area contributed by atoms with E-state index >= 15 is 0 Å². The normalized spacial score (nSPS) is 22.8. The minimum atomic E-state index is -0.130. The molecule has 0 radical (unpaired) electrons. The topological polar surface area (TPSA) is 55.2 Å². The maximum atomic E-state index is 12.9. The molecule has 4 rings (SSSR count). The number of imide groups is 1. The first-order valence-corrected chi connectivity index (χ1v) is 9.45. The summed E-state index contributed by atoms with van der Waals surface area (Å²) in [5, 5.41) is 4.65. The summed E-state index contributed by atoms with van der Waals surface area (Å²) in [7, 11) is 0. The largest absolute Gasteiger partial charge is 0.274 e. The van der Waals surface area contributed by atoms with E-state index in [1.807, 2.05) is 30.7 Å². The van der Waals surface area contributed by atoms with Crippen molar-refractivity contribution in [2.24, 2.45) is 11.8 Å². The molecule has 1 aliphatic heterocycles. The van der Waals surface area contributed by atoms with Crippen molar-refractivity contribution >= 4 is 17.5 Å². The van der Waals surface area contributed by atoms with Crippen LogP contribution in [-0.4, -0.2) is 21.6 Å². The van der Waals surface area contributed by atoms with Gasteiger partial charge < -0.3 is 0 Å². The Hall–Kier alpha value is -2.43. The van der Waals surface area contributed by atoms with E-state index in [2.05, 4.69) is 24.2 Å². The number of hydrogen-bond acceptors (Lipinski definition) is 3. The van der Waals surface area contributed by atoms with E-state index in [0.29, 0.717) is 12.2 Å². The Morgan fingerprint density at radius 1 is 1.00 bits per heavy atom. The van der Waals surface area contributed by atoms with Crippen LogP contribution in [-0.2, 0) is 16.1 Å². The van der Waals surface area contributed by atoms with Crippen molar-refractivity contribution in [1.82, 2.24) is 9.78 Å². The van der Waals surface area contributed by atoms with Crippen LogP contribution in [0.15, 0.2) is 24.3 Å². The van der Waals surface area contributed by atoms with Crippen LogP contribution in [0.5, 0.6) is 0 Å². The first-order chi connectivity index (χ1) is 12.5. The van der Waals surface area contributed by atoms with Gasteiger partial charge in [0.15, 0.2) is 0 Å². The van der Waals surface area contributed by atoms with Crippen LogP contribution in [0.4, 0.5) is 5.69 Å². The molecule has 0 spiro atoms. The Kier molecular flexibility index (Phi) is 4.17. The van der Waals surface area contributed by atoms with E-state index in [1.54, 1.807) is 0 Å². The van der Waals surface area contributed by atoms with Crippen LogP contribution < -0.4 is 4.90 Å². The van der Waals surface area contributed by atoms with Gasteiger partial charge in [-0.3, -0.25) is 14.3 Å². The zero-order valence-corrected chi connectivity index (χ0v) is 15.7. The molecule has 1 aromatic carbocycles. The molecule has 0 bridgehead atoms. The highest BCUT2D eigenvalue weighted by atomic mass is 16.2. The summed E-state index contributed by atoms with van der Waals surface area (Å²) < 4.78 is 1.91. The molecule has 2 aliphatic rings. The Morgan fingerprint density at radius 3 is 2.23 bits per heavy atom. The summed E-state index contributed by atoms with van der Waals surface area (Å²) in [6, 6.07) is 8.22. The van der Waals surface area contributed by atoms with Gasteiger partial charge in [-0.05, 0) is 44.7 Å². The van der Waals surface area contributed by atoms with Crippen LogP contribution in [0, 0.1) is 32.6 Å². The fourth-order valence-corrected chi connectivity index (χ4v) is 4.50. The summed E-state index contributed by atoms with van der Waals surface area (Å²) >= 11 is 0. The van der Waals surface area contributed by atoms with E-state index in [4.69, 9.17) is 0 Å². The number of nitrogens with zero attached hydrogens (tertiary/aromatic N) is 3. The van der Waals surface area contributed by atoms with Crippen LogP contribution in [0.3, 0.4) is 0 Å². The van der Waals surface area contributed by atoms with E-state index in [-0.39, 0.29) is 23.7 Å². The summed E-state index contributed by atoms with van der Waals surface area (Å²) in [6.07, 6.45) is 3.75. The number of aryl methyl sites for hydroxylation is 2. The molecule has 26 heavy (non-hydrogen) atoms. The van der Waals surface area contributed by atoms with E-state index in [1.165, 1.54) is 16.0 Å². The second-order valence-electron chi connectivity index (χ2n) is 7.61. The summed E-state index contributed by atoms with van der Waals surface area (Å²) in [5.74, 6) is -0.313. The minimum absolute atomic E-state index is 0.0265. The number of fused-ring (bicyclic) bond motifs is 1. The molecule has 136 valence electrons. The van der Waals surface area contributed by atoms with Gasteiger partial charge in [-0.25, -0.2) is 4.90 Å². The van der Waals surface area contributed by atoms with Gasteiger partial charge in [0, 0.05) is 0 Å². The van der Waals surface area contributed by atoms with Crippen molar-refractivity contribution in [2.75, 3.05) is 4.90 Å². The predicted octanol–water partition coefficient (Wildman–Crippen LogP) is 3.54. The van der Waals surface area contributed by atoms with Crippen molar-refractivity contribution < 1.29 is 9.59 Å². The van der Waals surface area contributed by atoms with E-state index < -0.39 is 0 Å². The van der Waals surface area contributed by atoms with Crippen molar-refractivity contribution in [3.63, 3.8) is 0 Å².